The molecule has 0 radical (unpaired) electrons. The maximum Gasteiger partial charge on any atom is 0.251 e. The molecule has 1 aromatic rings. The maximum absolute atomic E-state index is 11.9. The van der Waals surface area contributed by atoms with Crippen molar-refractivity contribution >= 4 is 38.3 Å². The summed E-state index contributed by atoms with van der Waals surface area (Å²) in [6.45, 7) is 1.90. The zero-order valence-corrected chi connectivity index (χ0v) is 12.8. The highest BCUT2D eigenvalue weighted by Gasteiger charge is 2.11. The van der Waals surface area contributed by atoms with Crippen molar-refractivity contribution in [1.82, 2.24) is 5.32 Å². The molecule has 0 fully saturated rings. The van der Waals surface area contributed by atoms with Gasteiger partial charge in [0.05, 0.1) is 0 Å². The quantitative estimate of drug-likeness (QED) is 0.809. The summed E-state index contributed by atoms with van der Waals surface area (Å²) in [4.78, 5) is 11.9. The Kier molecular flexibility index (Phi) is 5.81. The molecule has 6 heteroatoms. The molecule has 2 unspecified atom stereocenters. The predicted octanol–water partition coefficient (Wildman–Crippen LogP) is 1.92. The number of hydrogen-bond acceptors (Lipinski definition) is 3. The zero-order chi connectivity index (χ0) is 13.7. The van der Waals surface area contributed by atoms with Crippen LogP contribution in [0.25, 0.3) is 0 Å². The molecule has 1 rings (SSSR count). The third kappa shape index (κ3) is 4.78. The first kappa shape index (κ1) is 15.2. The Morgan fingerprint density at radius 3 is 2.78 bits per heavy atom. The number of hydrogen-bond donors (Lipinski definition) is 2. The van der Waals surface area contributed by atoms with E-state index < -0.39 is 10.8 Å². The van der Waals surface area contributed by atoms with Crippen LogP contribution in [0.5, 0.6) is 0 Å². The van der Waals surface area contributed by atoms with Gasteiger partial charge in [-0.15, -0.1) is 0 Å². The van der Waals surface area contributed by atoms with Crippen molar-refractivity contribution in [2.45, 2.75) is 19.4 Å². The van der Waals surface area contributed by atoms with E-state index in [-0.39, 0.29) is 11.9 Å². The second-order valence-corrected chi connectivity index (χ2v) is 6.59. The highest BCUT2D eigenvalue weighted by Crippen LogP contribution is 2.20. The summed E-state index contributed by atoms with van der Waals surface area (Å²) in [5.74, 6) is 0.442. The molecule has 0 aliphatic heterocycles. The molecule has 0 aliphatic carbocycles. The molecular weight excluding hydrogens is 316 g/mol. The molecule has 100 valence electrons. The molecule has 4 nitrogen and oxygen atoms in total. The van der Waals surface area contributed by atoms with Crippen LogP contribution in [0.1, 0.15) is 23.7 Å². The van der Waals surface area contributed by atoms with Gasteiger partial charge in [-0.1, -0.05) is 0 Å². The molecule has 0 heterocycles. The summed E-state index contributed by atoms with van der Waals surface area (Å²) in [5, 5.41) is 2.86. The molecular formula is C12H17BrN2O2S. The number of amides is 1. The van der Waals surface area contributed by atoms with Crippen LogP contribution in [-0.2, 0) is 10.8 Å². The molecule has 0 bridgehead atoms. The Hall–Kier alpha value is -0.880. The van der Waals surface area contributed by atoms with Gasteiger partial charge < -0.3 is 11.1 Å². The minimum atomic E-state index is -0.828. The number of carbonyl (C=O) groups excluding carboxylic acids is 1. The SMILES string of the molecule is CC(CCS(C)=O)NC(=O)c1ccc(N)c(Br)c1. The largest absolute Gasteiger partial charge is 0.398 e. The third-order valence-electron chi connectivity index (χ3n) is 2.48. The van der Waals surface area contributed by atoms with Gasteiger partial charge in [-0.2, -0.15) is 0 Å². The first-order valence-electron chi connectivity index (χ1n) is 5.56. The molecule has 3 N–H and O–H groups in total. The fraction of sp³-hybridized carbons (Fsp3) is 0.417. The standard InChI is InChI=1S/C12H17BrN2O2S/c1-8(5-6-18(2)17)15-12(16)9-3-4-11(14)10(13)7-9/h3-4,7-8H,5-6,14H2,1-2H3,(H,15,16). The number of nitrogens with one attached hydrogen (secondary N) is 1. The van der Waals surface area contributed by atoms with Crippen LogP contribution >= 0.6 is 15.9 Å². The molecule has 0 aromatic heterocycles. The van der Waals surface area contributed by atoms with Crippen molar-refractivity contribution in [3.8, 4) is 0 Å². The van der Waals surface area contributed by atoms with Crippen LogP contribution in [0.2, 0.25) is 0 Å². The van der Waals surface area contributed by atoms with E-state index in [9.17, 15) is 9.00 Å². The van der Waals surface area contributed by atoms with E-state index in [1.165, 1.54) is 0 Å². The van der Waals surface area contributed by atoms with Crippen LogP contribution in [-0.4, -0.2) is 28.2 Å². The van der Waals surface area contributed by atoms with E-state index in [0.717, 1.165) is 0 Å². The van der Waals surface area contributed by atoms with Gasteiger partial charge in [-0.3, -0.25) is 9.00 Å². The van der Waals surface area contributed by atoms with Crippen LogP contribution < -0.4 is 11.1 Å². The number of carbonyl (C=O) groups is 1. The van der Waals surface area contributed by atoms with Crippen molar-refractivity contribution in [2.24, 2.45) is 0 Å². The normalized spacial score (nSPS) is 13.9. The topological polar surface area (TPSA) is 72.2 Å². The number of halogens is 1. The number of benzene rings is 1. The van der Waals surface area contributed by atoms with Gasteiger partial charge in [0, 0.05) is 44.6 Å². The molecule has 0 aliphatic rings. The summed E-state index contributed by atoms with van der Waals surface area (Å²) in [6.07, 6.45) is 2.36. The molecule has 1 aromatic carbocycles. The lowest BCUT2D eigenvalue weighted by atomic mass is 10.1. The van der Waals surface area contributed by atoms with E-state index in [0.29, 0.717) is 27.9 Å². The average Bonchev–Trinajstić information content (AvgIpc) is 2.30. The van der Waals surface area contributed by atoms with Crippen molar-refractivity contribution in [2.75, 3.05) is 17.7 Å². The number of rotatable bonds is 5. The summed E-state index contributed by atoms with van der Waals surface area (Å²) < 4.78 is 11.7. The Labute approximate surface area is 118 Å². The van der Waals surface area contributed by atoms with Gasteiger partial charge in [0.2, 0.25) is 0 Å². The smallest absolute Gasteiger partial charge is 0.251 e. The lowest BCUT2D eigenvalue weighted by Crippen LogP contribution is -2.33. The van der Waals surface area contributed by atoms with E-state index in [1.807, 2.05) is 6.92 Å². The fourth-order valence-electron chi connectivity index (χ4n) is 1.39. The van der Waals surface area contributed by atoms with Crippen LogP contribution in [0.4, 0.5) is 5.69 Å². The highest BCUT2D eigenvalue weighted by atomic mass is 79.9. The Morgan fingerprint density at radius 2 is 2.22 bits per heavy atom. The first-order valence-corrected chi connectivity index (χ1v) is 8.08. The third-order valence-corrected chi connectivity index (χ3v) is 3.98. The summed E-state index contributed by atoms with van der Waals surface area (Å²) in [5.41, 5.74) is 6.81. The first-order chi connectivity index (χ1) is 8.40. The Bertz CT molecular complexity index is 465. The van der Waals surface area contributed by atoms with Gasteiger partial charge in [0.25, 0.3) is 5.91 Å². The van der Waals surface area contributed by atoms with Crippen molar-refractivity contribution in [1.29, 1.82) is 0 Å². The predicted molar refractivity (Wildman–Crippen MR) is 79.0 cm³/mol. The van der Waals surface area contributed by atoms with Gasteiger partial charge in [-0.05, 0) is 47.5 Å². The van der Waals surface area contributed by atoms with Crippen molar-refractivity contribution in [3.05, 3.63) is 28.2 Å². The monoisotopic (exact) mass is 332 g/mol. The van der Waals surface area contributed by atoms with Crippen LogP contribution in [0, 0.1) is 0 Å². The number of nitrogens with two attached hydrogens (primary N) is 1. The Balaban J connectivity index is 2.59. The molecule has 2 atom stereocenters. The Morgan fingerprint density at radius 1 is 1.56 bits per heavy atom. The second-order valence-electron chi connectivity index (χ2n) is 4.18. The fourth-order valence-corrected chi connectivity index (χ4v) is 2.45. The second kappa shape index (κ2) is 6.89. The summed E-state index contributed by atoms with van der Waals surface area (Å²) in [7, 11) is -0.828. The number of nitrogen functional groups attached to an aromatic ring is 1. The maximum atomic E-state index is 11.9. The van der Waals surface area contributed by atoms with Crippen molar-refractivity contribution < 1.29 is 9.00 Å². The summed E-state index contributed by atoms with van der Waals surface area (Å²) in [6, 6.07) is 5.05. The van der Waals surface area contributed by atoms with Crippen LogP contribution in [0.3, 0.4) is 0 Å². The van der Waals surface area contributed by atoms with Gasteiger partial charge >= 0.3 is 0 Å². The van der Waals surface area contributed by atoms with E-state index in [1.54, 1.807) is 24.5 Å². The molecule has 0 spiro atoms. The average molecular weight is 333 g/mol. The zero-order valence-electron chi connectivity index (χ0n) is 10.4. The molecule has 18 heavy (non-hydrogen) atoms. The van der Waals surface area contributed by atoms with E-state index >= 15 is 0 Å². The van der Waals surface area contributed by atoms with Gasteiger partial charge in [-0.25, -0.2) is 0 Å². The van der Waals surface area contributed by atoms with Crippen molar-refractivity contribution in [3.63, 3.8) is 0 Å². The molecule has 0 saturated heterocycles. The highest BCUT2D eigenvalue weighted by molar-refractivity contribution is 9.10. The lowest BCUT2D eigenvalue weighted by molar-refractivity contribution is 0.0939. The van der Waals surface area contributed by atoms with E-state index in [4.69, 9.17) is 5.73 Å². The van der Waals surface area contributed by atoms with E-state index in [2.05, 4.69) is 21.2 Å². The minimum Gasteiger partial charge on any atom is -0.398 e. The number of anilines is 1. The molecule has 0 saturated carbocycles. The molecule has 1 amide bonds. The lowest BCUT2D eigenvalue weighted by Gasteiger charge is -2.13. The van der Waals surface area contributed by atoms with Gasteiger partial charge in [0.15, 0.2) is 0 Å². The minimum absolute atomic E-state index is 0.00210. The summed E-state index contributed by atoms with van der Waals surface area (Å²) >= 11 is 3.29. The van der Waals surface area contributed by atoms with Crippen LogP contribution in [0.15, 0.2) is 22.7 Å². The van der Waals surface area contributed by atoms with Gasteiger partial charge in [0.1, 0.15) is 0 Å².